The Morgan fingerprint density at radius 2 is 1.54 bits per heavy atom. The van der Waals surface area contributed by atoms with Gasteiger partial charge in [-0.1, -0.05) is 35.4 Å². The lowest BCUT2D eigenvalue weighted by molar-refractivity contribution is -0.120. The van der Waals surface area contributed by atoms with Crippen LogP contribution >= 0.6 is 11.6 Å². The van der Waals surface area contributed by atoms with Crippen molar-refractivity contribution in [3.63, 3.8) is 0 Å². The number of carbonyl (C=O) groups is 4. The van der Waals surface area contributed by atoms with Crippen molar-refractivity contribution in [2.75, 3.05) is 22.6 Å². The van der Waals surface area contributed by atoms with Gasteiger partial charge in [0, 0.05) is 16.9 Å². The van der Waals surface area contributed by atoms with Crippen molar-refractivity contribution in [3.05, 3.63) is 100 Å². The van der Waals surface area contributed by atoms with Crippen LogP contribution in [0, 0.1) is 6.92 Å². The Labute approximate surface area is 206 Å². The maximum atomic E-state index is 13.0. The summed E-state index contributed by atoms with van der Waals surface area (Å²) in [6.45, 7) is 1.95. The van der Waals surface area contributed by atoms with Crippen LogP contribution in [-0.4, -0.2) is 30.8 Å². The molecular weight excluding hydrogens is 470 g/mol. The Bertz CT molecular complexity index is 1360. The molecule has 0 fully saturated rings. The molecule has 9 heteroatoms. The zero-order valence-electron chi connectivity index (χ0n) is 18.8. The lowest BCUT2D eigenvalue weighted by atomic mass is 10.1. The van der Waals surface area contributed by atoms with E-state index in [1.165, 1.54) is 31.4 Å². The molecule has 3 aromatic carbocycles. The highest BCUT2D eigenvalue weighted by Gasteiger charge is 2.39. The normalized spacial score (nSPS) is 13.2. The van der Waals surface area contributed by atoms with Crippen molar-refractivity contribution < 1.29 is 23.9 Å². The van der Waals surface area contributed by atoms with E-state index < -0.39 is 17.8 Å². The number of nitrogens with zero attached hydrogens (tertiary/aromatic N) is 1. The van der Waals surface area contributed by atoms with E-state index in [9.17, 15) is 19.2 Å². The molecule has 0 aromatic heterocycles. The molecule has 3 amide bonds. The molecule has 176 valence electrons. The van der Waals surface area contributed by atoms with Gasteiger partial charge in [0.25, 0.3) is 17.7 Å². The zero-order chi connectivity index (χ0) is 25.1. The number of rotatable bonds is 6. The first-order chi connectivity index (χ1) is 16.8. The van der Waals surface area contributed by atoms with Crippen LogP contribution in [0.25, 0.3) is 0 Å². The van der Waals surface area contributed by atoms with Gasteiger partial charge in [0.15, 0.2) is 0 Å². The van der Waals surface area contributed by atoms with Crippen molar-refractivity contribution in [2.45, 2.75) is 6.92 Å². The van der Waals surface area contributed by atoms with Crippen LogP contribution in [0.15, 0.2) is 83.5 Å². The summed E-state index contributed by atoms with van der Waals surface area (Å²) in [4.78, 5) is 50.9. The van der Waals surface area contributed by atoms with Crippen molar-refractivity contribution >= 4 is 52.4 Å². The van der Waals surface area contributed by atoms with E-state index in [-0.39, 0.29) is 27.9 Å². The van der Waals surface area contributed by atoms with Crippen LogP contribution in [0.4, 0.5) is 17.1 Å². The number of benzene rings is 3. The summed E-state index contributed by atoms with van der Waals surface area (Å²) in [6, 6.07) is 19.6. The number of hydrogen-bond donors (Lipinski definition) is 2. The first-order valence-electron chi connectivity index (χ1n) is 10.5. The van der Waals surface area contributed by atoms with E-state index in [1.54, 1.807) is 36.4 Å². The van der Waals surface area contributed by atoms with Gasteiger partial charge in [0.2, 0.25) is 0 Å². The Kier molecular flexibility index (Phi) is 6.66. The summed E-state index contributed by atoms with van der Waals surface area (Å²) in [6.07, 6.45) is 0. The minimum Gasteiger partial charge on any atom is -0.465 e. The Morgan fingerprint density at radius 3 is 2.20 bits per heavy atom. The second-order valence-electron chi connectivity index (χ2n) is 7.70. The largest absolute Gasteiger partial charge is 0.465 e. The van der Waals surface area contributed by atoms with Crippen molar-refractivity contribution in [2.24, 2.45) is 0 Å². The minimum absolute atomic E-state index is 0.121. The summed E-state index contributed by atoms with van der Waals surface area (Å²) < 4.78 is 4.65. The Morgan fingerprint density at radius 1 is 0.857 bits per heavy atom. The fourth-order valence-corrected chi connectivity index (χ4v) is 3.65. The molecule has 0 bridgehead atoms. The SMILES string of the molecule is COC(=O)c1ccc(N2C(=O)C(Cl)=C(Nc3cccc(C(=O)Nc4ccc(C)cc4)c3)C2=O)cc1. The predicted molar refractivity (Wildman–Crippen MR) is 132 cm³/mol. The second-order valence-corrected chi connectivity index (χ2v) is 8.08. The molecule has 0 aliphatic carbocycles. The quantitative estimate of drug-likeness (QED) is 0.391. The average Bonchev–Trinajstić information content (AvgIpc) is 3.08. The summed E-state index contributed by atoms with van der Waals surface area (Å²) in [5, 5.41) is 5.38. The summed E-state index contributed by atoms with van der Waals surface area (Å²) in [5.41, 5.74) is 2.86. The highest BCUT2D eigenvalue weighted by atomic mass is 35.5. The van der Waals surface area contributed by atoms with Crippen LogP contribution in [0.5, 0.6) is 0 Å². The number of esters is 1. The van der Waals surface area contributed by atoms with E-state index in [2.05, 4.69) is 15.4 Å². The molecule has 1 aliphatic heterocycles. The fraction of sp³-hybridized carbons (Fsp3) is 0.0769. The fourth-order valence-electron chi connectivity index (χ4n) is 3.43. The summed E-state index contributed by atoms with van der Waals surface area (Å²) in [5.74, 6) is -2.25. The maximum Gasteiger partial charge on any atom is 0.337 e. The zero-order valence-corrected chi connectivity index (χ0v) is 19.6. The van der Waals surface area contributed by atoms with E-state index in [0.717, 1.165) is 10.5 Å². The molecule has 1 heterocycles. The highest BCUT2D eigenvalue weighted by molar-refractivity contribution is 6.53. The van der Waals surface area contributed by atoms with Crippen molar-refractivity contribution in [3.8, 4) is 0 Å². The number of aryl methyl sites for hydroxylation is 1. The standard InChI is InChI=1S/C26H20ClN3O5/c1-15-6-10-18(11-7-15)29-23(31)17-4-3-5-19(14-17)28-22-21(27)24(32)30(25(22)33)20-12-8-16(9-13-20)26(34)35-2/h3-14,28H,1-2H3,(H,29,31). The molecule has 0 spiro atoms. The third kappa shape index (κ3) is 4.92. The van der Waals surface area contributed by atoms with Gasteiger partial charge in [-0.15, -0.1) is 0 Å². The van der Waals surface area contributed by atoms with E-state index in [1.807, 2.05) is 19.1 Å². The van der Waals surface area contributed by atoms with Crippen LogP contribution < -0.4 is 15.5 Å². The average molecular weight is 490 g/mol. The number of methoxy groups -OCH3 is 1. The molecule has 8 nitrogen and oxygen atoms in total. The number of imide groups is 1. The number of carbonyl (C=O) groups excluding carboxylic acids is 4. The van der Waals surface area contributed by atoms with Crippen LogP contribution in [0.3, 0.4) is 0 Å². The molecule has 0 saturated carbocycles. The Hall–Kier alpha value is -4.43. The molecule has 3 aromatic rings. The van der Waals surface area contributed by atoms with Crippen LogP contribution in [0.2, 0.25) is 0 Å². The number of nitrogens with one attached hydrogen (secondary N) is 2. The highest BCUT2D eigenvalue weighted by Crippen LogP contribution is 2.30. The molecule has 2 N–H and O–H groups in total. The van der Waals surface area contributed by atoms with E-state index in [4.69, 9.17) is 11.6 Å². The topological polar surface area (TPSA) is 105 Å². The molecule has 4 rings (SSSR count). The third-order valence-electron chi connectivity index (χ3n) is 5.28. The first-order valence-corrected chi connectivity index (χ1v) is 10.9. The molecule has 1 aliphatic rings. The smallest absolute Gasteiger partial charge is 0.337 e. The van der Waals surface area contributed by atoms with Gasteiger partial charge in [-0.2, -0.15) is 0 Å². The summed E-state index contributed by atoms with van der Waals surface area (Å²) >= 11 is 6.20. The predicted octanol–water partition coefficient (Wildman–Crippen LogP) is 4.47. The van der Waals surface area contributed by atoms with Crippen LogP contribution in [0.1, 0.15) is 26.3 Å². The number of amides is 3. The summed E-state index contributed by atoms with van der Waals surface area (Å²) in [7, 11) is 1.26. The van der Waals surface area contributed by atoms with Crippen molar-refractivity contribution in [1.82, 2.24) is 0 Å². The molecule has 0 unspecified atom stereocenters. The van der Waals surface area contributed by atoms with E-state index in [0.29, 0.717) is 16.9 Å². The van der Waals surface area contributed by atoms with Gasteiger partial charge in [-0.3, -0.25) is 14.4 Å². The number of ether oxygens (including phenoxy) is 1. The molecule has 0 radical (unpaired) electrons. The lowest BCUT2D eigenvalue weighted by Gasteiger charge is -2.15. The first kappa shape index (κ1) is 23.7. The molecular formula is C26H20ClN3O5. The molecule has 35 heavy (non-hydrogen) atoms. The van der Waals surface area contributed by atoms with Crippen LogP contribution in [-0.2, 0) is 14.3 Å². The molecule has 0 saturated heterocycles. The maximum absolute atomic E-state index is 13.0. The second kappa shape index (κ2) is 9.82. The minimum atomic E-state index is -0.710. The number of halogens is 1. The third-order valence-corrected chi connectivity index (χ3v) is 5.63. The van der Waals surface area contributed by atoms with Gasteiger partial charge in [0.1, 0.15) is 10.7 Å². The monoisotopic (exact) mass is 489 g/mol. The van der Waals surface area contributed by atoms with Gasteiger partial charge in [-0.05, 0) is 61.5 Å². The number of anilines is 3. The van der Waals surface area contributed by atoms with Gasteiger partial charge < -0.3 is 15.4 Å². The van der Waals surface area contributed by atoms with E-state index >= 15 is 0 Å². The van der Waals surface area contributed by atoms with Gasteiger partial charge in [0.05, 0.1) is 18.4 Å². The van der Waals surface area contributed by atoms with Crippen molar-refractivity contribution in [1.29, 1.82) is 0 Å². The Balaban J connectivity index is 1.51. The number of hydrogen-bond acceptors (Lipinski definition) is 6. The lowest BCUT2D eigenvalue weighted by Crippen LogP contribution is -2.32. The molecule has 0 atom stereocenters. The van der Waals surface area contributed by atoms with Gasteiger partial charge >= 0.3 is 5.97 Å². The van der Waals surface area contributed by atoms with Gasteiger partial charge in [-0.25, -0.2) is 9.69 Å².